The largest absolute Gasteiger partial charge is 0.339 e. The van der Waals surface area contributed by atoms with Gasteiger partial charge in [0.2, 0.25) is 0 Å². The van der Waals surface area contributed by atoms with Crippen LogP contribution in [0.1, 0.15) is 11.1 Å². The molecule has 1 heterocycles. The van der Waals surface area contributed by atoms with Crippen molar-refractivity contribution in [2.75, 3.05) is 5.32 Å². The smallest absolute Gasteiger partial charge is 0.151 e. The van der Waals surface area contributed by atoms with Gasteiger partial charge in [-0.25, -0.2) is 4.98 Å². The molecule has 0 radical (unpaired) electrons. The quantitative estimate of drug-likeness (QED) is 0.751. The zero-order valence-electron chi connectivity index (χ0n) is 9.89. The second kappa shape index (κ2) is 5.35. The minimum absolute atomic E-state index is 0.230. The van der Waals surface area contributed by atoms with Crippen LogP contribution in [0.5, 0.6) is 0 Å². The molecule has 0 aliphatic rings. The summed E-state index contributed by atoms with van der Waals surface area (Å²) in [5.74, 6) is 0.496. The van der Waals surface area contributed by atoms with E-state index in [4.69, 9.17) is 34.8 Å². The SMILES string of the molecule is Cc1cc(C)cc(Nc2nc(Cl)c(Cl)cc2Cl)c1. The lowest BCUT2D eigenvalue weighted by Crippen LogP contribution is -1.96. The van der Waals surface area contributed by atoms with E-state index < -0.39 is 0 Å². The number of nitrogens with one attached hydrogen (secondary N) is 1. The molecule has 0 fully saturated rings. The van der Waals surface area contributed by atoms with Crippen LogP contribution in [0.3, 0.4) is 0 Å². The first-order chi connectivity index (χ1) is 8.45. The fraction of sp³-hybridized carbons (Fsp3) is 0.154. The number of rotatable bonds is 2. The number of nitrogens with zero attached hydrogens (tertiary/aromatic N) is 1. The summed E-state index contributed by atoms with van der Waals surface area (Å²) < 4.78 is 0. The van der Waals surface area contributed by atoms with Crippen LogP contribution in [0.4, 0.5) is 11.5 Å². The minimum atomic E-state index is 0.230. The Hall–Kier alpha value is -0.960. The molecule has 1 N–H and O–H groups in total. The lowest BCUT2D eigenvalue weighted by atomic mass is 10.1. The fourth-order valence-corrected chi connectivity index (χ4v) is 2.26. The highest BCUT2D eigenvalue weighted by Gasteiger charge is 2.08. The Labute approximate surface area is 121 Å². The third-order valence-electron chi connectivity index (χ3n) is 2.37. The van der Waals surface area contributed by atoms with Crippen molar-refractivity contribution in [2.24, 2.45) is 0 Å². The lowest BCUT2D eigenvalue weighted by Gasteiger charge is -2.10. The second-order valence-electron chi connectivity index (χ2n) is 4.09. The van der Waals surface area contributed by atoms with E-state index in [1.54, 1.807) is 6.07 Å². The van der Waals surface area contributed by atoms with Crippen molar-refractivity contribution in [2.45, 2.75) is 13.8 Å². The maximum Gasteiger partial charge on any atom is 0.151 e. The van der Waals surface area contributed by atoms with E-state index in [1.807, 2.05) is 26.0 Å². The third kappa shape index (κ3) is 3.08. The average Bonchev–Trinajstić information content (AvgIpc) is 2.24. The van der Waals surface area contributed by atoms with Crippen LogP contribution in [-0.4, -0.2) is 4.98 Å². The molecule has 94 valence electrons. The molecule has 2 nitrogen and oxygen atoms in total. The number of aromatic nitrogens is 1. The van der Waals surface area contributed by atoms with Gasteiger partial charge in [0.25, 0.3) is 0 Å². The average molecular weight is 302 g/mol. The molecule has 2 aromatic rings. The van der Waals surface area contributed by atoms with Crippen molar-refractivity contribution in [1.82, 2.24) is 4.98 Å². The molecule has 18 heavy (non-hydrogen) atoms. The molecule has 0 aliphatic heterocycles. The molecular formula is C13H11Cl3N2. The molecule has 0 unspecified atom stereocenters. The van der Waals surface area contributed by atoms with Gasteiger partial charge in [-0.05, 0) is 43.2 Å². The maximum atomic E-state index is 6.06. The summed E-state index contributed by atoms with van der Waals surface area (Å²) in [5.41, 5.74) is 3.24. The summed E-state index contributed by atoms with van der Waals surface area (Å²) in [6, 6.07) is 7.68. The molecule has 0 bridgehead atoms. The molecule has 0 saturated heterocycles. The van der Waals surface area contributed by atoms with Crippen molar-refractivity contribution in [3.63, 3.8) is 0 Å². The first-order valence-electron chi connectivity index (χ1n) is 5.32. The van der Waals surface area contributed by atoms with Gasteiger partial charge in [0.15, 0.2) is 5.82 Å². The normalized spacial score (nSPS) is 10.5. The van der Waals surface area contributed by atoms with Crippen LogP contribution in [0, 0.1) is 13.8 Å². The number of pyridine rings is 1. The molecular weight excluding hydrogens is 291 g/mol. The van der Waals surface area contributed by atoms with E-state index in [0.29, 0.717) is 15.9 Å². The van der Waals surface area contributed by atoms with E-state index in [9.17, 15) is 0 Å². The van der Waals surface area contributed by atoms with Crippen molar-refractivity contribution in [3.8, 4) is 0 Å². The summed E-state index contributed by atoms with van der Waals surface area (Å²) in [5, 5.41) is 4.14. The van der Waals surface area contributed by atoms with E-state index in [2.05, 4.69) is 16.4 Å². The summed E-state index contributed by atoms with van der Waals surface area (Å²) >= 11 is 17.8. The molecule has 0 spiro atoms. The van der Waals surface area contributed by atoms with Gasteiger partial charge in [0.05, 0.1) is 10.0 Å². The first kappa shape index (κ1) is 13.5. The predicted molar refractivity (Wildman–Crippen MR) is 78.5 cm³/mol. The number of anilines is 2. The number of hydrogen-bond acceptors (Lipinski definition) is 2. The monoisotopic (exact) mass is 300 g/mol. The Morgan fingerprint density at radius 3 is 2.11 bits per heavy atom. The summed E-state index contributed by atoms with van der Waals surface area (Å²) in [4.78, 5) is 4.12. The van der Waals surface area contributed by atoms with Gasteiger partial charge in [-0.2, -0.15) is 0 Å². The van der Waals surface area contributed by atoms with E-state index >= 15 is 0 Å². The van der Waals surface area contributed by atoms with Crippen LogP contribution < -0.4 is 5.32 Å². The Kier molecular flexibility index (Phi) is 4.00. The van der Waals surface area contributed by atoms with Gasteiger partial charge in [-0.15, -0.1) is 0 Å². The predicted octanol–water partition coefficient (Wildman–Crippen LogP) is 5.40. The highest BCUT2D eigenvalue weighted by atomic mass is 35.5. The highest BCUT2D eigenvalue weighted by Crippen LogP contribution is 2.31. The van der Waals surface area contributed by atoms with Gasteiger partial charge >= 0.3 is 0 Å². The van der Waals surface area contributed by atoms with Crippen LogP contribution in [-0.2, 0) is 0 Å². The lowest BCUT2D eigenvalue weighted by molar-refractivity contribution is 1.29. The number of hydrogen-bond donors (Lipinski definition) is 1. The zero-order valence-corrected chi connectivity index (χ0v) is 12.2. The van der Waals surface area contributed by atoms with Gasteiger partial charge < -0.3 is 5.32 Å². The number of aryl methyl sites for hydroxylation is 2. The van der Waals surface area contributed by atoms with Crippen molar-refractivity contribution in [1.29, 1.82) is 0 Å². The van der Waals surface area contributed by atoms with Gasteiger partial charge in [0.1, 0.15) is 5.15 Å². The van der Waals surface area contributed by atoms with Crippen molar-refractivity contribution in [3.05, 3.63) is 50.6 Å². The molecule has 0 aliphatic carbocycles. The van der Waals surface area contributed by atoms with E-state index in [0.717, 1.165) is 16.8 Å². The van der Waals surface area contributed by atoms with Gasteiger partial charge in [0, 0.05) is 5.69 Å². The molecule has 5 heteroatoms. The third-order valence-corrected chi connectivity index (χ3v) is 3.33. The molecule has 0 saturated carbocycles. The Balaban J connectivity index is 2.36. The Morgan fingerprint density at radius 2 is 1.50 bits per heavy atom. The number of halogens is 3. The summed E-state index contributed by atoms with van der Waals surface area (Å²) in [6.07, 6.45) is 0. The molecule has 0 atom stereocenters. The molecule has 1 aromatic carbocycles. The minimum Gasteiger partial charge on any atom is -0.339 e. The maximum absolute atomic E-state index is 6.06. The zero-order chi connectivity index (χ0) is 13.3. The van der Waals surface area contributed by atoms with Crippen LogP contribution >= 0.6 is 34.8 Å². The van der Waals surface area contributed by atoms with Crippen LogP contribution in [0.15, 0.2) is 24.3 Å². The molecule has 0 amide bonds. The van der Waals surface area contributed by atoms with Crippen LogP contribution in [0.25, 0.3) is 0 Å². The highest BCUT2D eigenvalue weighted by molar-refractivity contribution is 6.43. The topological polar surface area (TPSA) is 24.9 Å². The summed E-state index contributed by atoms with van der Waals surface area (Å²) in [7, 11) is 0. The van der Waals surface area contributed by atoms with Crippen molar-refractivity contribution >= 4 is 46.3 Å². The van der Waals surface area contributed by atoms with Gasteiger partial charge in [-0.1, -0.05) is 40.9 Å². The molecule has 1 aromatic heterocycles. The Bertz CT molecular complexity index is 577. The first-order valence-corrected chi connectivity index (χ1v) is 6.46. The van der Waals surface area contributed by atoms with Crippen molar-refractivity contribution < 1.29 is 0 Å². The Morgan fingerprint density at radius 1 is 0.889 bits per heavy atom. The fourth-order valence-electron chi connectivity index (χ4n) is 1.72. The van der Waals surface area contributed by atoms with E-state index in [1.165, 1.54) is 0 Å². The summed E-state index contributed by atoms with van der Waals surface area (Å²) in [6.45, 7) is 4.06. The number of benzene rings is 1. The van der Waals surface area contributed by atoms with Gasteiger partial charge in [-0.3, -0.25) is 0 Å². The van der Waals surface area contributed by atoms with Crippen LogP contribution in [0.2, 0.25) is 15.2 Å². The standard InChI is InChI=1S/C13H11Cl3N2/c1-7-3-8(2)5-9(4-7)17-13-11(15)6-10(14)12(16)18-13/h3-6H,1-2H3,(H,17,18). The second-order valence-corrected chi connectivity index (χ2v) is 5.27. The molecule has 2 rings (SSSR count). The van der Waals surface area contributed by atoms with E-state index in [-0.39, 0.29) is 5.15 Å².